The van der Waals surface area contributed by atoms with Crippen LogP contribution in [0.2, 0.25) is 10.0 Å². The fraction of sp³-hybridized carbons (Fsp3) is 0.176. The number of imide groups is 1. The maximum atomic E-state index is 13.9. The number of amides is 3. The second-order valence-corrected chi connectivity index (χ2v) is 6.50. The Morgan fingerprint density at radius 1 is 1.12 bits per heavy atom. The average molecular weight is 367 g/mol. The van der Waals surface area contributed by atoms with Gasteiger partial charge in [0.05, 0.1) is 6.54 Å². The molecule has 1 atom stereocenters. The van der Waals surface area contributed by atoms with Crippen molar-refractivity contribution in [1.82, 2.24) is 10.2 Å². The molecule has 24 heavy (non-hydrogen) atoms. The van der Waals surface area contributed by atoms with Gasteiger partial charge in [0.15, 0.2) is 0 Å². The maximum Gasteiger partial charge on any atom is 0.325 e. The first-order chi connectivity index (χ1) is 11.3. The first-order valence-electron chi connectivity index (χ1n) is 7.16. The monoisotopic (exact) mass is 366 g/mol. The minimum absolute atomic E-state index is 0.100. The van der Waals surface area contributed by atoms with E-state index in [0.29, 0.717) is 10.6 Å². The SMILES string of the molecule is CC1(c2ccc(Cl)cc2)NC(=O)N(Cc2c(F)cccc2Cl)C1=O. The lowest BCUT2D eigenvalue weighted by molar-refractivity contribution is -0.131. The van der Waals surface area contributed by atoms with Gasteiger partial charge in [-0.25, -0.2) is 9.18 Å². The number of nitrogens with zero attached hydrogens (tertiary/aromatic N) is 1. The molecule has 0 radical (unpaired) electrons. The summed E-state index contributed by atoms with van der Waals surface area (Å²) in [4.78, 5) is 26.0. The Morgan fingerprint density at radius 3 is 2.42 bits per heavy atom. The Morgan fingerprint density at radius 2 is 1.79 bits per heavy atom. The molecule has 4 nitrogen and oxygen atoms in total. The quantitative estimate of drug-likeness (QED) is 0.831. The van der Waals surface area contributed by atoms with Gasteiger partial charge in [0.2, 0.25) is 0 Å². The number of carbonyl (C=O) groups excluding carboxylic acids is 2. The molecule has 7 heteroatoms. The molecule has 2 aromatic carbocycles. The summed E-state index contributed by atoms with van der Waals surface area (Å²) < 4.78 is 13.9. The van der Waals surface area contributed by atoms with Crippen molar-refractivity contribution in [3.8, 4) is 0 Å². The second kappa shape index (κ2) is 6.07. The van der Waals surface area contributed by atoms with Crippen molar-refractivity contribution in [2.45, 2.75) is 19.0 Å². The Hall–Kier alpha value is -2.11. The molecule has 0 bridgehead atoms. The highest BCUT2D eigenvalue weighted by atomic mass is 35.5. The van der Waals surface area contributed by atoms with E-state index < -0.39 is 23.3 Å². The van der Waals surface area contributed by atoms with Crippen molar-refractivity contribution in [2.24, 2.45) is 0 Å². The van der Waals surface area contributed by atoms with Gasteiger partial charge < -0.3 is 5.32 Å². The van der Waals surface area contributed by atoms with Gasteiger partial charge in [-0.15, -0.1) is 0 Å². The first kappa shape index (κ1) is 16.7. The first-order valence-corrected chi connectivity index (χ1v) is 7.91. The molecule has 0 saturated carbocycles. The van der Waals surface area contributed by atoms with E-state index in [1.54, 1.807) is 31.2 Å². The van der Waals surface area contributed by atoms with Crippen LogP contribution in [0, 0.1) is 5.82 Å². The molecular formula is C17H13Cl2FN2O2. The van der Waals surface area contributed by atoms with E-state index in [1.807, 2.05) is 0 Å². The molecule has 2 aromatic rings. The zero-order valence-corrected chi connectivity index (χ0v) is 14.2. The lowest BCUT2D eigenvalue weighted by Crippen LogP contribution is -2.40. The topological polar surface area (TPSA) is 49.4 Å². The minimum Gasteiger partial charge on any atom is -0.319 e. The van der Waals surface area contributed by atoms with Gasteiger partial charge in [0.25, 0.3) is 5.91 Å². The number of halogens is 3. The summed E-state index contributed by atoms with van der Waals surface area (Å²) in [6, 6.07) is 10.2. The van der Waals surface area contributed by atoms with Gasteiger partial charge in [-0.1, -0.05) is 41.4 Å². The van der Waals surface area contributed by atoms with Crippen molar-refractivity contribution in [3.63, 3.8) is 0 Å². The van der Waals surface area contributed by atoms with E-state index in [-0.39, 0.29) is 17.1 Å². The van der Waals surface area contributed by atoms with Gasteiger partial charge in [-0.05, 0) is 36.8 Å². The van der Waals surface area contributed by atoms with Gasteiger partial charge >= 0.3 is 6.03 Å². The molecule has 1 unspecified atom stereocenters. The third-order valence-corrected chi connectivity index (χ3v) is 4.68. The highest BCUT2D eigenvalue weighted by molar-refractivity contribution is 6.31. The van der Waals surface area contributed by atoms with E-state index in [0.717, 1.165) is 4.90 Å². The van der Waals surface area contributed by atoms with Crippen molar-refractivity contribution in [2.75, 3.05) is 0 Å². The van der Waals surface area contributed by atoms with Crippen LogP contribution in [0.4, 0.5) is 9.18 Å². The molecule has 3 rings (SSSR count). The summed E-state index contributed by atoms with van der Waals surface area (Å²) >= 11 is 11.8. The Kier molecular flexibility index (Phi) is 4.24. The molecule has 1 N–H and O–H groups in total. The zero-order chi connectivity index (χ0) is 17.5. The Balaban J connectivity index is 1.93. The van der Waals surface area contributed by atoms with E-state index >= 15 is 0 Å². The largest absolute Gasteiger partial charge is 0.325 e. The van der Waals surface area contributed by atoms with E-state index in [4.69, 9.17) is 23.2 Å². The normalized spacial score (nSPS) is 20.4. The standard InChI is InChI=1S/C17H13Cl2FN2O2/c1-17(10-5-7-11(18)8-6-10)15(23)22(16(24)21-17)9-12-13(19)3-2-4-14(12)20/h2-8H,9H2,1H3,(H,21,24). The third kappa shape index (κ3) is 2.74. The van der Waals surface area contributed by atoms with Crippen molar-refractivity contribution in [1.29, 1.82) is 0 Å². The summed E-state index contributed by atoms with van der Waals surface area (Å²) in [7, 11) is 0. The summed E-state index contributed by atoms with van der Waals surface area (Å²) in [6.07, 6.45) is 0. The van der Waals surface area contributed by atoms with Crippen LogP contribution in [0.5, 0.6) is 0 Å². The number of benzene rings is 2. The maximum absolute atomic E-state index is 13.9. The van der Waals surface area contributed by atoms with Crippen LogP contribution < -0.4 is 5.32 Å². The average Bonchev–Trinajstić information content (AvgIpc) is 2.75. The number of rotatable bonds is 3. The van der Waals surface area contributed by atoms with Crippen LogP contribution in [0.25, 0.3) is 0 Å². The molecule has 1 aliphatic rings. The number of carbonyl (C=O) groups is 2. The molecule has 1 aliphatic heterocycles. The number of hydrogen-bond donors (Lipinski definition) is 1. The van der Waals surface area contributed by atoms with E-state index in [9.17, 15) is 14.0 Å². The smallest absolute Gasteiger partial charge is 0.319 e. The fourth-order valence-electron chi connectivity index (χ4n) is 2.66. The predicted molar refractivity (Wildman–Crippen MR) is 89.3 cm³/mol. The van der Waals surface area contributed by atoms with Crippen molar-refractivity contribution < 1.29 is 14.0 Å². The summed E-state index contributed by atoms with van der Waals surface area (Å²) in [6.45, 7) is 1.36. The van der Waals surface area contributed by atoms with E-state index in [2.05, 4.69) is 5.32 Å². The number of hydrogen-bond acceptors (Lipinski definition) is 2. The van der Waals surface area contributed by atoms with Crippen molar-refractivity contribution in [3.05, 3.63) is 69.5 Å². The highest BCUT2D eigenvalue weighted by Crippen LogP contribution is 2.31. The highest BCUT2D eigenvalue weighted by Gasteiger charge is 2.49. The van der Waals surface area contributed by atoms with Crippen LogP contribution in [0.15, 0.2) is 42.5 Å². The molecule has 3 amide bonds. The van der Waals surface area contributed by atoms with Crippen LogP contribution >= 0.6 is 23.2 Å². The van der Waals surface area contributed by atoms with Gasteiger partial charge in [0.1, 0.15) is 11.4 Å². The number of urea groups is 1. The van der Waals surface area contributed by atoms with Crippen LogP contribution in [-0.4, -0.2) is 16.8 Å². The molecule has 0 aliphatic carbocycles. The fourth-order valence-corrected chi connectivity index (χ4v) is 3.01. The number of nitrogens with one attached hydrogen (secondary N) is 1. The summed E-state index contributed by atoms with van der Waals surface area (Å²) in [5.74, 6) is -1.04. The summed E-state index contributed by atoms with van der Waals surface area (Å²) in [5.41, 5.74) is -0.547. The van der Waals surface area contributed by atoms with Gasteiger partial charge in [0, 0.05) is 15.6 Å². The molecule has 0 aromatic heterocycles. The third-order valence-electron chi connectivity index (χ3n) is 4.07. The molecular weight excluding hydrogens is 354 g/mol. The Labute approximate surface area is 148 Å². The predicted octanol–water partition coefficient (Wildman–Crippen LogP) is 4.10. The molecule has 1 heterocycles. The van der Waals surface area contributed by atoms with Crippen LogP contribution in [0.3, 0.4) is 0 Å². The lowest BCUT2D eigenvalue weighted by Gasteiger charge is -2.22. The van der Waals surface area contributed by atoms with Crippen molar-refractivity contribution >= 4 is 35.1 Å². The molecule has 1 saturated heterocycles. The second-order valence-electron chi connectivity index (χ2n) is 5.65. The molecule has 0 spiro atoms. The molecule has 124 valence electrons. The van der Waals surface area contributed by atoms with Gasteiger partial charge in [-0.3, -0.25) is 9.69 Å². The lowest BCUT2D eigenvalue weighted by atomic mass is 9.92. The Bertz CT molecular complexity index is 806. The molecule has 1 fully saturated rings. The zero-order valence-electron chi connectivity index (χ0n) is 12.6. The van der Waals surface area contributed by atoms with Crippen LogP contribution in [-0.2, 0) is 16.9 Å². The van der Waals surface area contributed by atoms with E-state index in [1.165, 1.54) is 18.2 Å². The summed E-state index contributed by atoms with van der Waals surface area (Å²) in [5, 5.41) is 3.34. The van der Waals surface area contributed by atoms with Gasteiger partial charge in [-0.2, -0.15) is 0 Å². The minimum atomic E-state index is -1.24. The van der Waals surface area contributed by atoms with Crippen LogP contribution in [0.1, 0.15) is 18.1 Å².